The third-order valence-corrected chi connectivity index (χ3v) is 1.81. The van der Waals surface area contributed by atoms with Gasteiger partial charge in [0.1, 0.15) is 0 Å². The third-order valence-electron chi connectivity index (χ3n) is 1.81. The minimum atomic E-state index is 0.565. The van der Waals surface area contributed by atoms with E-state index in [1.807, 2.05) is 6.92 Å². The summed E-state index contributed by atoms with van der Waals surface area (Å²) in [4.78, 5) is 0. The summed E-state index contributed by atoms with van der Waals surface area (Å²) in [6, 6.07) is 0.565. The molecule has 1 heterocycles. The SMILES string of the molecule is CCOCCNC1CCOC1. The predicted molar refractivity (Wildman–Crippen MR) is 43.7 cm³/mol. The van der Waals surface area contributed by atoms with Crippen molar-refractivity contribution in [3.8, 4) is 0 Å². The molecular formula is C8H17NO2. The normalized spacial score (nSPS) is 24.3. The summed E-state index contributed by atoms with van der Waals surface area (Å²) >= 11 is 0. The maximum atomic E-state index is 5.21. The second-order valence-electron chi connectivity index (χ2n) is 2.71. The van der Waals surface area contributed by atoms with Crippen LogP contribution in [0.15, 0.2) is 0 Å². The van der Waals surface area contributed by atoms with E-state index in [9.17, 15) is 0 Å². The molecule has 0 aromatic carbocycles. The summed E-state index contributed by atoms with van der Waals surface area (Å²) in [6.07, 6.45) is 1.14. The van der Waals surface area contributed by atoms with Crippen LogP contribution in [0, 0.1) is 0 Å². The van der Waals surface area contributed by atoms with Crippen molar-refractivity contribution in [3.05, 3.63) is 0 Å². The first kappa shape index (κ1) is 8.97. The Labute approximate surface area is 68.1 Å². The number of nitrogens with one attached hydrogen (secondary N) is 1. The summed E-state index contributed by atoms with van der Waals surface area (Å²) in [5, 5.41) is 3.37. The molecule has 0 radical (unpaired) electrons. The van der Waals surface area contributed by atoms with E-state index in [4.69, 9.17) is 9.47 Å². The zero-order valence-electron chi connectivity index (χ0n) is 7.14. The Morgan fingerprint density at radius 1 is 1.64 bits per heavy atom. The molecule has 1 atom stereocenters. The third kappa shape index (κ3) is 3.70. The van der Waals surface area contributed by atoms with Crippen LogP contribution in [0.2, 0.25) is 0 Å². The van der Waals surface area contributed by atoms with Gasteiger partial charge in [0, 0.05) is 25.8 Å². The molecule has 0 aromatic heterocycles. The van der Waals surface area contributed by atoms with Gasteiger partial charge >= 0.3 is 0 Å². The van der Waals surface area contributed by atoms with E-state index in [0.29, 0.717) is 6.04 Å². The van der Waals surface area contributed by atoms with Crippen molar-refractivity contribution in [1.29, 1.82) is 0 Å². The van der Waals surface area contributed by atoms with Gasteiger partial charge in [-0.15, -0.1) is 0 Å². The highest BCUT2D eigenvalue weighted by molar-refractivity contribution is 4.70. The molecule has 1 aliphatic heterocycles. The first-order valence-electron chi connectivity index (χ1n) is 4.32. The largest absolute Gasteiger partial charge is 0.380 e. The molecule has 1 N–H and O–H groups in total. The average molecular weight is 159 g/mol. The van der Waals surface area contributed by atoms with Crippen LogP contribution in [0.3, 0.4) is 0 Å². The van der Waals surface area contributed by atoms with E-state index in [-0.39, 0.29) is 0 Å². The minimum absolute atomic E-state index is 0.565. The summed E-state index contributed by atoms with van der Waals surface area (Å²) in [5.41, 5.74) is 0. The van der Waals surface area contributed by atoms with Crippen LogP contribution in [-0.4, -0.2) is 39.0 Å². The number of rotatable bonds is 5. The van der Waals surface area contributed by atoms with Crippen LogP contribution >= 0.6 is 0 Å². The molecule has 0 spiro atoms. The van der Waals surface area contributed by atoms with Crippen molar-refractivity contribution in [2.24, 2.45) is 0 Å². The van der Waals surface area contributed by atoms with Crippen molar-refractivity contribution in [2.45, 2.75) is 19.4 Å². The zero-order valence-corrected chi connectivity index (χ0v) is 7.14. The molecule has 1 fully saturated rings. The van der Waals surface area contributed by atoms with Gasteiger partial charge in [0.15, 0.2) is 0 Å². The van der Waals surface area contributed by atoms with Crippen molar-refractivity contribution in [1.82, 2.24) is 5.32 Å². The first-order valence-corrected chi connectivity index (χ1v) is 4.32. The molecular weight excluding hydrogens is 142 g/mol. The van der Waals surface area contributed by atoms with Gasteiger partial charge in [-0.25, -0.2) is 0 Å². The Balaban J connectivity index is 1.86. The lowest BCUT2D eigenvalue weighted by molar-refractivity contribution is 0.144. The average Bonchev–Trinajstić information content (AvgIpc) is 2.50. The standard InChI is InChI=1S/C8H17NO2/c1-2-10-6-4-9-8-3-5-11-7-8/h8-9H,2-7H2,1H3. The first-order chi connectivity index (χ1) is 5.43. The fraction of sp³-hybridized carbons (Fsp3) is 1.00. The fourth-order valence-corrected chi connectivity index (χ4v) is 1.18. The van der Waals surface area contributed by atoms with Crippen molar-refractivity contribution >= 4 is 0 Å². The molecule has 0 amide bonds. The smallest absolute Gasteiger partial charge is 0.0620 e. The molecule has 0 bridgehead atoms. The van der Waals surface area contributed by atoms with Gasteiger partial charge in [0.25, 0.3) is 0 Å². The lowest BCUT2D eigenvalue weighted by Gasteiger charge is -2.09. The van der Waals surface area contributed by atoms with E-state index in [0.717, 1.165) is 39.4 Å². The Hall–Kier alpha value is -0.120. The molecule has 0 aliphatic carbocycles. The topological polar surface area (TPSA) is 30.5 Å². The molecule has 3 heteroatoms. The van der Waals surface area contributed by atoms with Crippen LogP contribution in [0.25, 0.3) is 0 Å². The van der Waals surface area contributed by atoms with Gasteiger partial charge in [-0.1, -0.05) is 0 Å². The van der Waals surface area contributed by atoms with E-state index in [1.54, 1.807) is 0 Å². The molecule has 11 heavy (non-hydrogen) atoms. The van der Waals surface area contributed by atoms with Gasteiger partial charge in [0.2, 0.25) is 0 Å². The van der Waals surface area contributed by atoms with Gasteiger partial charge in [-0.3, -0.25) is 0 Å². The Kier molecular flexibility index (Phi) is 4.50. The van der Waals surface area contributed by atoms with E-state index in [2.05, 4.69) is 5.32 Å². The summed E-state index contributed by atoms with van der Waals surface area (Å²) in [6.45, 7) is 6.36. The Morgan fingerprint density at radius 3 is 3.18 bits per heavy atom. The molecule has 1 unspecified atom stereocenters. The Morgan fingerprint density at radius 2 is 2.55 bits per heavy atom. The highest BCUT2D eigenvalue weighted by Crippen LogP contribution is 2.01. The second kappa shape index (κ2) is 5.52. The van der Waals surface area contributed by atoms with Crippen LogP contribution in [-0.2, 0) is 9.47 Å². The van der Waals surface area contributed by atoms with Gasteiger partial charge in [-0.05, 0) is 13.3 Å². The Bertz CT molecular complexity index is 92.1. The number of hydrogen-bond acceptors (Lipinski definition) is 3. The lowest BCUT2D eigenvalue weighted by atomic mass is 10.3. The maximum absolute atomic E-state index is 5.21. The van der Waals surface area contributed by atoms with Crippen LogP contribution in [0.4, 0.5) is 0 Å². The molecule has 0 aromatic rings. The second-order valence-corrected chi connectivity index (χ2v) is 2.71. The number of ether oxygens (including phenoxy) is 2. The summed E-state index contributed by atoms with van der Waals surface area (Å²) < 4.78 is 10.4. The van der Waals surface area contributed by atoms with Gasteiger partial charge < -0.3 is 14.8 Å². The van der Waals surface area contributed by atoms with Crippen molar-refractivity contribution < 1.29 is 9.47 Å². The summed E-state index contributed by atoms with van der Waals surface area (Å²) in [7, 11) is 0. The quantitative estimate of drug-likeness (QED) is 0.589. The maximum Gasteiger partial charge on any atom is 0.0620 e. The highest BCUT2D eigenvalue weighted by atomic mass is 16.5. The van der Waals surface area contributed by atoms with E-state index < -0.39 is 0 Å². The molecule has 66 valence electrons. The fourth-order valence-electron chi connectivity index (χ4n) is 1.18. The molecule has 3 nitrogen and oxygen atoms in total. The monoisotopic (exact) mass is 159 g/mol. The number of hydrogen-bond donors (Lipinski definition) is 1. The molecule has 1 saturated heterocycles. The zero-order chi connectivity index (χ0) is 7.94. The van der Waals surface area contributed by atoms with E-state index >= 15 is 0 Å². The molecule has 1 aliphatic rings. The highest BCUT2D eigenvalue weighted by Gasteiger charge is 2.13. The van der Waals surface area contributed by atoms with Crippen molar-refractivity contribution in [2.75, 3.05) is 33.0 Å². The van der Waals surface area contributed by atoms with Crippen molar-refractivity contribution in [3.63, 3.8) is 0 Å². The molecule has 1 rings (SSSR count). The van der Waals surface area contributed by atoms with Crippen LogP contribution in [0.1, 0.15) is 13.3 Å². The van der Waals surface area contributed by atoms with E-state index in [1.165, 1.54) is 0 Å². The van der Waals surface area contributed by atoms with Gasteiger partial charge in [0.05, 0.1) is 13.2 Å². The predicted octanol–water partition coefficient (Wildman–Crippen LogP) is 0.401. The minimum Gasteiger partial charge on any atom is -0.380 e. The van der Waals surface area contributed by atoms with Gasteiger partial charge in [-0.2, -0.15) is 0 Å². The summed E-state index contributed by atoms with van der Waals surface area (Å²) in [5.74, 6) is 0. The van der Waals surface area contributed by atoms with Crippen LogP contribution in [0.5, 0.6) is 0 Å². The van der Waals surface area contributed by atoms with Crippen LogP contribution < -0.4 is 5.32 Å². The molecule has 0 saturated carbocycles. The lowest BCUT2D eigenvalue weighted by Crippen LogP contribution is -2.32.